The fourth-order valence-electron chi connectivity index (χ4n) is 6.36. The first-order valence-corrected chi connectivity index (χ1v) is 14.4. The molecule has 0 saturated carbocycles. The van der Waals surface area contributed by atoms with Crippen molar-refractivity contribution in [3.8, 4) is 6.01 Å². The third-order valence-electron chi connectivity index (χ3n) is 8.65. The van der Waals surface area contributed by atoms with E-state index in [0.29, 0.717) is 51.3 Å². The Morgan fingerprint density at radius 1 is 1.17 bits per heavy atom. The zero-order valence-electron chi connectivity index (χ0n) is 23.5. The number of aromatic nitrogens is 2. The second-order valence-electron chi connectivity index (χ2n) is 11.1. The summed E-state index contributed by atoms with van der Waals surface area (Å²) >= 11 is 0. The molecule has 0 spiro atoms. The first kappa shape index (κ1) is 27.2. The van der Waals surface area contributed by atoms with E-state index in [-0.39, 0.29) is 24.6 Å². The van der Waals surface area contributed by atoms with Crippen molar-refractivity contribution in [3.05, 3.63) is 83.4 Å². The van der Waals surface area contributed by atoms with Crippen LogP contribution in [0, 0.1) is 6.57 Å². The number of likely N-dealkylation sites (tertiary alicyclic amines) is 1. The molecule has 0 radical (unpaired) electrons. The van der Waals surface area contributed by atoms with Gasteiger partial charge >= 0.3 is 6.01 Å². The molecule has 4 heterocycles. The molecule has 2 fully saturated rings. The van der Waals surface area contributed by atoms with Gasteiger partial charge in [0.15, 0.2) is 0 Å². The normalized spacial score (nSPS) is 22.8. The van der Waals surface area contributed by atoms with Gasteiger partial charge in [0.1, 0.15) is 18.5 Å². The minimum Gasteiger partial charge on any atom is -0.462 e. The van der Waals surface area contributed by atoms with Crippen molar-refractivity contribution in [1.82, 2.24) is 19.8 Å². The molecular formula is C32H36N6O3. The van der Waals surface area contributed by atoms with E-state index in [9.17, 15) is 4.79 Å². The predicted octanol–water partition coefficient (Wildman–Crippen LogP) is 4.04. The monoisotopic (exact) mass is 552 g/mol. The van der Waals surface area contributed by atoms with Crippen molar-refractivity contribution in [2.75, 3.05) is 51.3 Å². The summed E-state index contributed by atoms with van der Waals surface area (Å²) in [4.78, 5) is 32.2. The van der Waals surface area contributed by atoms with Crippen LogP contribution in [0.2, 0.25) is 0 Å². The fourth-order valence-corrected chi connectivity index (χ4v) is 6.36. The van der Waals surface area contributed by atoms with Crippen molar-refractivity contribution >= 4 is 22.5 Å². The van der Waals surface area contributed by atoms with Crippen molar-refractivity contribution < 1.29 is 14.3 Å². The highest BCUT2D eigenvalue weighted by molar-refractivity contribution is 5.87. The highest BCUT2D eigenvalue weighted by Crippen LogP contribution is 2.38. The maximum atomic E-state index is 12.5. The molecule has 9 heteroatoms. The molecule has 41 heavy (non-hydrogen) atoms. The fraction of sp³-hybridized carbons (Fsp3) is 0.438. The first-order chi connectivity index (χ1) is 20.1. The molecule has 3 aromatic rings. The van der Waals surface area contributed by atoms with Crippen LogP contribution in [-0.4, -0.2) is 84.1 Å². The maximum Gasteiger partial charge on any atom is 0.318 e. The van der Waals surface area contributed by atoms with Gasteiger partial charge in [0.2, 0.25) is 12.5 Å². The van der Waals surface area contributed by atoms with E-state index >= 15 is 0 Å². The van der Waals surface area contributed by atoms with E-state index in [1.54, 1.807) is 4.90 Å². The number of carbonyl (C=O) groups excluding carboxylic acids is 1. The number of piperazine rings is 1. The van der Waals surface area contributed by atoms with Gasteiger partial charge < -0.3 is 29.0 Å². The summed E-state index contributed by atoms with van der Waals surface area (Å²) in [5.41, 5.74) is 3.04. The van der Waals surface area contributed by atoms with Crippen LogP contribution in [0.1, 0.15) is 35.8 Å². The van der Waals surface area contributed by atoms with E-state index in [0.717, 1.165) is 35.6 Å². The molecule has 2 aromatic carbocycles. The van der Waals surface area contributed by atoms with Crippen LogP contribution in [0.15, 0.2) is 55.1 Å². The predicted molar refractivity (Wildman–Crippen MR) is 158 cm³/mol. The largest absolute Gasteiger partial charge is 0.462 e. The van der Waals surface area contributed by atoms with Gasteiger partial charge in [-0.2, -0.15) is 9.97 Å². The smallest absolute Gasteiger partial charge is 0.318 e. The lowest BCUT2D eigenvalue weighted by molar-refractivity contribution is -0.128. The molecule has 212 valence electrons. The Labute approximate surface area is 241 Å². The number of anilines is 1. The second-order valence-corrected chi connectivity index (χ2v) is 11.1. The zero-order chi connectivity index (χ0) is 28.3. The third-order valence-corrected chi connectivity index (χ3v) is 8.65. The Bertz CT molecular complexity index is 1480. The van der Waals surface area contributed by atoms with Crippen LogP contribution in [0.4, 0.5) is 5.82 Å². The summed E-state index contributed by atoms with van der Waals surface area (Å²) in [6.45, 7) is 14.9. The standard InChI is InChI=1S/C32H36N6O3/c1-4-30(39)38-16-15-37(19-24(38)18-33-2)31-27-21-40-29(26-13-7-10-22-9-5-6-12-25(22)26)17-28(27)34-32(35-31)41-20-23-11-8-14-36(23)3/h4-7,9-10,12-13,23-24,29H,1,8,11,14-21H2,3H3/t23-,24-,29-/m0/s1. The highest BCUT2D eigenvalue weighted by atomic mass is 16.5. The molecule has 3 atom stereocenters. The van der Waals surface area contributed by atoms with Crippen LogP contribution in [0.3, 0.4) is 0 Å². The number of hydrogen-bond acceptors (Lipinski definition) is 7. The Balaban J connectivity index is 1.33. The molecule has 3 aliphatic rings. The number of likely N-dealkylation sites (N-methyl/N-ethyl adjacent to an activating group) is 1. The lowest BCUT2D eigenvalue weighted by Gasteiger charge is -2.40. The van der Waals surface area contributed by atoms with E-state index < -0.39 is 0 Å². The highest BCUT2D eigenvalue weighted by Gasteiger charge is 2.35. The van der Waals surface area contributed by atoms with Crippen molar-refractivity contribution in [2.45, 2.75) is 44.1 Å². The lowest BCUT2D eigenvalue weighted by Crippen LogP contribution is -2.56. The summed E-state index contributed by atoms with van der Waals surface area (Å²) in [6, 6.07) is 15.2. The first-order valence-electron chi connectivity index (χ1n) is 14.4. The van der Waals surface area contributed by atoms with Crippen LogP contribution in [0.5, 0.6) is 6.01 Å². The third kappa shape index (κ3) is 5.50. The minimum atomic E-state index is -0.248. The van der Waals surface area contributed by atoms with Gasteiger partial charge in [-0.05, 0) is 48.8 Å². The number of nitrogens with zero attached hydrogens (tertiary/aromatic N) is 6. The Morgan fingerprint density at radius 3 is 2.83 bits per heavy atom. The number of benzene rings is 2. The van der Waals surface area contributed by atoms with Gasteiger partial charge in [-0.25, -0.2) is 6.57 Å². The van der Waals surface area contributed by atoms with Crippen molar-refractivity contribution in [3.63, 3.8) is 0 Å². The summed E-state index contributed by atoms with van der Waals surface area (Å²) in [7, 11) is 2.13. The van der Waals surface area contributed by atoms with Gasteiger partial charge in [-0.3, -0.25) is 4.79 Å². The molecule has 1 amide bonds. The molecule has 3 aliphatic heterocycles. The number of amides is 1. The minimum absolute atomic E-state index is 0.137. The Hall–Kier alpha value is -4.00. The molecular weight excluding hydrogens is 516 g/mol. The summed E-state index contributed by atoms with van der Waals surface area (Å²) in [5.74, 6) is 0.635. The summed E-state index contributed by atoms with van der Waals surface area (Å²) in [5, 5.41) is 2.37. The molecule has 0 aliphatic carbocycles. The van der Waals surface area contributed by atoms with Crippen molar-refractivity contribution in [1.29, 1.82) is 0 Å². The number of rotatable bonds is 7. The van der Waals surface area contributed by atoms with Crippen LogP contribution in [0.25, 0.3) is 15.6 Å². The number of fused-ring (bicyclic) bond motifs is 2. The lowest BCUT2D eigenvalue weighted by atomic mass is 9.94. The average molecular weight is 553 g/mol. The number of hydrogen-bond donors (Lipinski definition) is 0. The molecule has 2 saturated heterocycles. The van der Waals surface area contributed by atoms with E-state index in [4.69, 9.17) is 26.0 Å². The van der Waals surface area contributed by atoms with Crippen LogP contribution in [-0.2, 0) is 22.6 Å². The zero-order valence-corrected chi connectivity index (χ0v) is 23.5. The van der Waals surface area contributed by atoms with E-state index in [1.165, 1.54) is 23.3 Å². The Morgan fingerprint density at radius 2 is 2.02 bits per heavy atom. The molecule has 0 bridgehead atoms. The van der Waals surface area contributed by atoms with Gasteiger partial charge in [0.25, 0.3) is 0 Å². The average Bonchev–Trinajstić information content (AvgIpc) is 3.43. The number of ether oxygens (including phenoxy) is 2. The Kier molecular flexibility index (Phi) is 7.86. The topological polar surface area (TPSA) is 75.4 Å². The SMILES string of the molecule is [C-]#[N+]C[C@H]1CN(c2nc(OC[C@@H]3CCCN3C)nc3c2CO[C@H](c2cccc4ccccc24)C3)CCN1C(=O)C=C. The van der Waals surface area contributed by atoms with Crippen molar-refractivity contribution in [2.24, 2.45) is 0 Å². The second kappa shape index (κ2) is 11.9. The molecule has 6 rings (SSSR count). The quantitative estimate of drug-likeness (QED) is 0.324. The summed E-state index contributed by atoms with van der Waals surface area (Å²) in [6.07, 6.45) is 4.07. The maximum absolute atomic E-state index is 12.5. The van der Waals surface area contributed by atoms with E-state index in [1.807, 2.05) is 0 Å². The van der Waals surface area contributed by atoms with Gasteiger partial charge in [0.05, 0.1) is 18.4 Å². The van der Waals surface area contributed by atoms with Crippen LogP contribution < -0.4 is 9.64 Å². The molecule has 0 unspecified atom stereocenters. The number of carbonyl (C=O) groups is 1. The summed E-state index contributed by atoms with van der Waals surface area (Å²) < 4.78 is 12.8. The van der Waals surface area contributed by atoms with Gasteiger partial charge in [0, 0.05) is 37.7 Å². The molecule has 0 N–H and O–H groups in total. The molecule has 1 aromatic heterocycles. The molecule has 9 nitrogen and oxygen atoms in total. The van der Waals surface area contributed by atoms with Gasteiger partial charge in [-0.1, -0.05) is 49.0 Å². The van der Waals surface area contributed by atoms with E-state index in [2.05, 4.69) is 70.7 Å². The van der Waals surface area contributed by atoms with Gasteiger partial charge in [-0.15, -0.1) is 0 Å². The van der Waals surface area contributed by atoms with Crippen LogP contribution >= 0.6 is 0 Å².